The third kappa shape index (κ3) is 4.79. The van der Waals surface area contributed by atoms with Crippen LogP contribution in [0.4, 0.5) is 22.0 Å². The fraction of sp³-hybridized carbons (Fsp3) is 0.200. The Morgan fingerprint density at radius 3 is 2.24 bits per heavy atom. The summed E-state index contributed by atoms with van der Waals surface area (Å²) < 4.78 is 66.9. The molecule has 10 heteroatoms. The largest absolute Gasteiger partial charge is 0.417 e. The maximum Gasteiger partial charge on any atom is 0.417 e. The van der Waals surface area contributed by atoms with Crippen molar-refractivity contribution in [3.05, 3.63) is 63.4 Å². The SMILES string of the molecule is O=C(NCC(F)(F)c1ccc(Cl)cc1)c1cnc(Cl)cc1C(F)(F)F. The van der Waals surface area contributed by atoms with Gasteiger partial charge in [-0.25, -0.2) is 4.98 Å². The standard InChI is InChI=1S/C15H9Cl2F5N2O/c16-9-3-1-8(2-4-9)14(18,19)7-24-13(25)10-6-23-12(17)5-11(10)15(20,21)22/h1-6H,7H2,(H,24,25). The zero-order valence-corrected chi connectivity index (χ0v) is 13.7. The Bertz CT molecular complexity index is 778. The highest BCUT2D eigenvalue weighted by atomic mass is 35.5. The van der Waals surface area contributed by atoms with Crippen LogP contribution in [0, 0.1) is 0 Å². The van der Waals surface area contributed by atoms with Crippen molar-refractivity contribution >= 4 is 29.1 Å². The van der Waals surface area contributed by atoms with Gasteiger partial charge < -0.3 is 5.32 Å². The van der Waals surface area contributed by atoms with Crippen LogP contribution in [0.1, 0.15) is 21.5 Å². The zero-order chi connectivity index (χ0) is 18.8. The number of alkyl halides is 5. The summed E-state index contributed by atoms with van der Waals surface area (Å²) in [7, 11) is 0. The van der Waals surface area contributed by atoms with E-state index in [9.17, 15) is 26.7 Å². The number of benzene rings is 1. The Morgan fingerprint density at radius 1 is 1.08 bits per heavy atom. The molecule has 0 radical (unpaired) electrons. The number of aromatic nitrogens is 1. The van der Waals surface area contributed by atoms with Crippen LogP contribution in [0.3, 0.4) is 0 Å². The predicted octanol–water partition coefficient (Wildman–Crippen LogP) is 4.93. The average Bonchev–Trinajstić information content (AvgIpc) is 2.52. The first-order valence-electron chi connectivity index (χ1n) is 6.65. The maximum atomic E-state index is 14.0. The van der Waals surface area contributed by atoms with Crippen LogP contribution >= 0.6 is 23.2 Å². The van der Waals surface area contributed by atoms with Gasteiger partial charge in [-0.3, -0.25) is 4.79 Å². The molecule has 1 aromatic carbocycles. The molecular formula is C15H9Cl2F5N2O. The number of nitrogens with zero attached hydrogens (tertiary/aromatic N) is 1. The average molecular weight is 399 g/mol. The first kappa shape index (κ1) is 19.4. The van der Waals surface area contributed by atoms with Crippen molar-refractivity contribution < 1.29 is 26.7 Å². The quantitative estimate of drug-likeness (QED) is 0.586. The zero-order valence-electron chi connectivity index (χ0n) is 12.2. The fourth-order valence-corrected chi connectivity index (χ4v) is 2.21. The first-order chi connectivity index (χ1) is 11.5. The van der Waals surface area contributed by atoms with Gasteiger partial charge in [0.25, 0.3) is 11.8 Å². The molecule has 0 saturated carbocycles. The molecule has 3 nitrogen and oxygen atoms in total. The van der Waals surface area contributed by atoms with Gasteiger partial charge in [0.05, 0.1) is 17.7 Å². The summed E-state index contributed by atoms with van der Waals surface area (Å²) in [6.07, 6.45) is -4.31. The van der Waals surface area contributed by atoms with E-state index in [0.29, 0.717) is 12.3 Å². The Morgan fingerprint density at radius 2 is 1.68 bits per heavy atom. The number of hydrogen-bond donors (Lipinski definition) is 1. The normalized spacial score (nSPS) is 12.1. The van der Waals surface area contributed by atoms with Gasteiger partial charge in [-0.1, -0.05) is 35.3 Å². The van der Waals surface area contributed by atoms with Crippen LogP contribution in [0.15, 0.2) is 36.5 Å². The maximum absolute atomic E-state index is 14.0. The number of hydrogen-bond acceptors (Lipinski definition) is 2. The molecule has 0 atom stereocenters. The molecular weight excluding hydrogens is 390 g/mol. The minimum Gasteiger partial charge on any atom is -0.346 e. The monoisotopic (exact) mass is 398 g/mol. The molecule has 0 aliphatic rings. The van der Waals surface area contributed by atoms with E-state index in [0.717, 1.165) is 12.1 Å². The van der Waals surface area contributed by atoms with Crippen molar-refractivity contribution in [1.29, 1.82) is 0 Å². The summed E-state index contributed by atoms with van der Waals surface area (Å²) in [6, 6.07) is 5.03. The van der Waals surface area contributed by atoms with E-state index in [2.05, 4.69) is 4.98 Å². The van der Waals surface area contributed by atoms with Crippen molar-refractivity contribution in [1.82, 2.24) is 10.3 Å². The van der Waals surface area contributed by atoms with Gasteiger partial charge in [0.1, 0.15) is 5.15 Å². The summed E-state index contributed by atoms with van der Waals surface area (Å²) in [5.74, 6) is -4.84. The molecule has 0 bridgehead atoms. The number of halogens is 7. The highest BCUT2D eigenvalue weighted by Gasteiger charge is 2.37. The van der Waals surface area contributed by atoms with E-state index in [1.54, 1.807) is 5.32 Å². The van der Waals surface area contributed by atoms with Crippen molar-refractivity contribution in [3.8, 4) is 0 Å². The second kappa shape index (κ2) is 7.13. The van der Waals surface area contributed by atoms with Crippen LogP contribution in [0.5, 0.6) is 0 Å². The lowest BCUT2D eigenvalue weighted by molar-refractivity contribution is -0.138. The van der Waals surface area contributed by atoms with E-state index < -0.39 is 46.4 Å². The van der Waals surface area contributed by atoms with E-state index in [4.69, 9.17) is 23.2 Å². The lowest BCUT2D eigenvalue weighted by Crippen LogP contribution is -2.36. The minimum atomic E-state index is -4.89. The van der Waals surface area contributed by atoms with Gasteiger partial charge >= 0.3 is 6.18 Å². The van der Waals surface area contributed by atoms with Crippen molar-refractivity contribution in [2.24, 2.45) is 0 Å². The van der Waals surface area contributed by atoms with E-state index >= 15 is 0 Å². The number of amides is 1. The molecule has 0 aliphatic heterocycles. The molecule has 0 spiro atoms. The smallest absolute Gasteiger partial charge is 0.346 e. The summed E-state index contributed by atoms with van der Waals surface area (Å²) in [4.78, 5) is 15.3. The highest BCUT2D eigenvalue weighted by Crippen LogP contribution is 2.33. The van der Waals surface area contributed by atoms with Crippen molar-refractivity contribution in [3.63, 3.8) is 0 Å². The van der Waals surface area contributed by atoms with Crippen LogP contribution < -0.4 is 5.32 Å². The molecule has 1 amide bonds. The van der Waals surface area contributed by atoms with Crippen molar-refractivity contribution in [2.75, 3.05) is 6.54 Å². The molecule has 0 saturated heterocycles. The third-order valence-electron chi connectivity index (χ3n) is 3.16. The first-order valence-corrected chi connectivity index (χ1v) is 7.41. The summed E-state index contributed by atoms with van der Waals surface area (Å²) >= 11 is 11.0. The molecule has 0 unspecified atom stereocenters. The Hall–Kier alpha value is -1.93. The Kier molecular flexibility index (Phi) is 5.53. The van der Waals surface area contributed by atoms with Crippen LogP contribution in [0.25, 0.3) is 0 Å². The molecule has 1 N–H and O–H groups in total. The topological polar surface area (TPSA) is 42.0 Å². The number of carbonyl (C=O) groups excluding carboxylic acids is 1. The number of rotatable bonds is 4. The fourth-order valence-electron chi connectivity index (χ4n) is 1.93. The van der Waals surface area contributed by atoms with Gasteiger partial charge in [0.15, 0.2) is 0 Å². The summed E-state index contributed by atoms with van der Waals surface area (Å²) in [5, 5.41) is 1.54. The minimum absolute atomic E-state index is 0.241. The lowest BCUT2D eigenvalue weighted by atomic mass is 10.1. The molecule has 2 rings (SSSR count). The predicted molar refractivity (Wildman–Crippen MR) is 81.9 cm³/mol. The van der Waals surface area contributed by atoms with Gasteiger partial charge in [-0.2, -0.15) is 22.0 Å². The molecule has 1 aromatic heterocycles. The van der Waals surface area contributed by atoms with E-state index in [1.807, 2.05) is 0 Å². The molecule has 0 aliphatic carbocycles. The molecule has 1 heterocycles. The Balaban J connectivity index is 2.19. The highest BCUT2D eigenvalue weighted by molar-refractivity contribution is 6.30. The number of pyridine rings is 1. The van der Waals surface area contributed by atoms with Crippen molar-refractivity contribution in [2.45, 2.75) is 12.1 Å². The van der Waals surface area contributed by atoms with Crippen LogP contribution in [-0.2, 0) is 12.1 Å². The van der Waals surface area contributed by atoms with Gasteiger partial charge in [0, 0.05) is 16.8 Å². The molecule has 2 aromatic rings. The third-order valence-corrected chi connectivity index (χ3v) is 3.62. The molecule has 134 valence electrons. The van der Waals surface area contributed by atoms with Crippen LogP contribution in [0.2, 0.25) is 10.2 Å². The number of carbonyl (C=O) groups is 1. The summed E-state index contributed by atoms with van der Waals surface area (Å²) in [5.41, 5.74) is -2.70. The number of nitrogens with one attached hydrogen (secondary N) is 1. The van der Waals surface area contributed by atoms with E-state index in [-0.39, 0.29) is 5.02 Å². The van der Waals surface area contributed by atoms with E-state index in [1.165, 1.54) is 12.1 Å². The van der Waals surface area contributed by atoms with Gasteiger partial charge in [0.2, 0.25) is 0 Å². The molecule has 25 heavy (non-hydrogen) atoms. The second-order valence-corrected chi connectivity index (χ2v) is 5.77. The Labute approximate surface area is 148 Å². The molecule has 0 fully saturated rings. The summed E-state index contributed by atoms with van der Waals surface area (Å²) in [6.45, 7) is -1.20. The van der Waals surface area contributed by atoms with Gasteiger partial charge in [-0.05, 0) is 18.2 Å². The van der Waals surface area contributed by atoms with Gasteiger partial charge in [-0.15, -0.1) is 0 Å². The van der Waals surface area contributed by atoms with Crippen LogP contribution in [-0.4, -0.2) is 17.4 Å². The lowest BCUT2D eigenvalue weighted by Gasteiger charge is -2.18. The second-order valence-electron chi connectivity index (χ2n) is 4.94.